The third-order valence-corrected chi connectivity index (χ3v) is 5.39. The van der Waals surface area contributed by atoms with Gasteiger partial charge in [0.2, 0.25) is 0 Å². The first-order valence-electron chi connectivity index (χ1n) is 11.9. The lowest BCUT2D eigenvalue weighted by Gasteiger charge is -2.11. The number of ether oxygens (including phenoxy) is 1. The fourth-order valence-corrected chi connectivity index (χ4v) is 3.53. The van der Waals surface area contributed by atoms with Crippen LogP contribution in [0.3, 0.4) is 0 Å². The Morgan fingerprint density at radius 2 is 1.30 bits per heavy atom. The van der Waals surface area contributed by atoms with E-state index in [2.05, 4.69) is 18.7 Å². The molecule has 0 fully saturated rings. The second kappa shape index (κ2) is 20.2. The fraction of sp³-hybridized carbons (Fsp3) is 0.958. The summed E-state index contributed by atoms with van der Waals surface area (Å²) >= 11 is 0. The molecule has 0 saturated heterocycles. The second-order valence-corrected chi connectivity index (χ2v) is 8.70. The Labute approximate surface area is 170 Å². The van der Waals surface area contributed by atoms with Crippen LogP contribution < -0.4 is 0 Å². The average Bonchev–Trinajstić information content (AvgIpc) is 2.63. The zero-order chi connectivity index (χ0) is 20.2. The summed E-state index contributed by atoms with van der Waals surface area (Å²) in [6, 6.07) is 0. The maximum Gasteiger partial charge on any atom is 0.305 e. The monoisotopic (exact) mass is 383 g/mol. The predicted molar refractivity (Wildman–Crippen MR) is 118 cm³/mol. The van der Waals surface area contributed by atoms with Crippen LogP contribution in [0.25, 0.3) is 0 Å². The van der Waals surface area contributed by atoms with Crippen LogP contribution in [-0.2, 0) is 9.53 Å². The molecule has 0 aliphatic heterocycles. The topological polar surface area (TPSA) is 29.5 Å². The highest BCUT2D eigenvalue weighted by atomic mass is 16.5. The Morgan fingerprint density at radius 3 is 1.85 bits per heavy atom. The van der Waals surface area contributed by atoms with Crippen molar-refractivity contribution in [1.29, 1.82) is 0 Å². The lowest BCUT2D eigenvalue weighted by Crippen LogP contribution is -2.16. The van der Waals surface area contributed by atoms with Gasteiger partial charge in [-0.05, 0) is 32.9 Å². The first-order valence-corrected chi connectivity index (χ1v) is 11.9. The Bertz CT molecular complexity index is 318. The van der Waals surface area contributed by atoms with Crippen LogP contribution in [0.4, 0.5) is 0 Å². The van der Waals surface area contributed by atoms with Crippen LogP contribution in [0.1, 0.15) is 117 Å². The normalized spacial score (nSPS) is 12.5. The Morgan fingerprint density at radius 1 is 0.778 bits per heavy atom. The molecule has 0 amide bonds. The molecule has 0 aromatic carbocycles. The first-order chi connectivity index (χ1) is 13.1. The van der Waals surface area contributed by atoms with Crippen LogP contribution in [-0.4, -0.2) is 38.1 Å². The Kier molecular flexibility index (Phi) is 19.7. The molecule has 0 aromatic rings. The SMILES string of the molecule is CCCCCCCCCC(C)CCCCCCCC(=O)OCCCN(C)C. The molecule has 3 nitrogen and oxygen atoms in total. The molecule has 162 valence electrons. The quantitative estimate of drug-likeness (QED) is 0.168. The molecular formula is C24H49NO2. The molecule has 0 radical (unpaired) electrons. The van der Waals surface area contributed by atoms with Crippen molar-refractivity contribution in [2.45, 2.75) is 117 Å². The number of hydrogen-bond donors (Lipinski definition) is 0. The average molecular weight is 384 g/mol. The number of carbonyl (C=O) groups is 1. The first kappa shape index (κ1) is 26.4. The number of hydrogen-bond acceptors (Lipinski definition) is 3. The van der Waals surface area contributed by atoms with Crippen LogP contribution in [0, 0.1) is 5.92 Å². The molecule has 0 N–H and O–H groups in total. The third kappa shape index (κ3) is 21.6. The minimum absolute atomic E-state index is 0.0166. The number of rotatable bonds is 20. The molecule has 0 saturated carbocycles. The van der Waals surface area contributed by atoms with E-state index in [9.17, 15) is 4.79 Å². The zero-order valence-corrected chi connectivity index (χ0v) is 19.1. The molecule has 0 rings (SSSR count). The van der Waals surface area contributed by atoms with Gasteiger partial charge in [-0.25, -0.2) is 0 Å². The largest absolute Gasteiger partial charge is 0.466 e. The van der Waals surface area contributed by atoms with E-state index in [1.807, 2.05) is 14.1 Å². The van der Waals surface area contributed by atoms with Gasteiger partial charge in [0.05, 0.1) is 6.61 Å². The minimum atomic E-state index is -0.0166. The van der Waals surface area contributed by atoms with Gasteiger partial charge in [-0.15, -0.1) is 0 Å². The maximum atomic E-state index is 11.6. The van der Waals surface area contributed by atoms with E-state index < -0.39 is 0 Å². The van der Waals surface area contributed by atoms with E-state index in [0.717, 1.165) is 25.3 Å². The van der Waals surface area contributed by atoms with Gasteiger partial charge in [0, 0.05) is 13.0 Å². The second-order valence-electron chi connectivity index (χ2n) is 8.70. The van der Waals surface area contributed by atoms with E-state index in [1.165, 1.54) is 83.5 Å². The molecule has 0 bridgehead atoms. The molecular weight excluding hydrogens is 334 g/mol. The Hall–Kier alpha value is -0.570. The zero-order valence-electron chi connectivity index (χ0n) is 19.1. The Balaban J connectivity index is 3.27. The van der Waals surface area contributed by atoms with Gasteiger partial charge in [-0.3, -0.25) is 4.79 Å². The van der Waals surface area contributed by atoms with Gasteiger partial charge in [0.25, 0.3) is 0 Å². The van der Waals surface area contributed by atoms with Gasteiger partial charge in [-0.1, -0.05) is 97.3 Å². The molecule has 27 heavy (non-hydrogen) atoms. The van der Waals surface area contributed by atoms with Crippen molar-refractivity contribution in [3.63, 3.8) is 0 Å². The highest BCUT2D eigenvalue weighted by molar-refractivity contribution is 5.69. The summed E-state index contributed by atoms with van der Waals surface area (Å²) in [7, 11) is 4.08. The number of nitrogens with zero attached hydrogens (tertiary/aromatic N) is 1. The minimum Gasteiger partial charge on any atom is -0.466 e. The molecule has 0 aromatic heterocycles. The van der Waals surface area contributed by atoms with Crippen LogP contribution in [0.15, 0.2) is 0 Å². The van der Waals surface area contributed by atoms with Crippen molar-refractivity contribution in [2.75, 3.05) is 27.2 Å². The van der Waals surface area contributed by atoms with E-state index >= 15 is 0 Å². The molecule has 0 aliphatic rings. The molecule has 0 aliphatic carbocycles. The molecule has 1 atom stereocenters. The van der Waals surface area contributed by atoms with Crippen molar-refractivity contribution in [3.05, 3.63) is 0 Å². The van der Waals surface area contributed by atoms with Crippen molar-refractivity contribution in [2.24, 2.45) is 5.92 Å². The molecule has 1 unspecified atom stereocenters. The van der Waals surface area contributed by atoms with Crippen LogP contribution >= 0.6 is 0 Å². The number of esters is 1. The van der Waals surface area contributed by atoms with Gasteiger partial charge in [0.15, 0.2) is 0 Å². The third-order valence-electron chi connectivity index (χ3n) is 5.39. The van der Waals surface area contributed by atoms with E-state index in [4.69, 9.17) is 4.74 Å². The summed E-state index contributed by atoms with van der Waals surface area (Å²) < 4.78 is 5.26. The highest BCUT2D eigenvalue weighted by Crippen LogP contribution is 2.18. The summed E-state index contributed by atoms with van der Waals surface area (Å²) in [4.78, 5) is 13.7. The van der Waals surface area contributed by atoms with Gasteiger partial charge in [0.1, 0.15) is 0 Å². The standard InChI is InChI=1S/C24H49NO2/c1-5-6-7-8-9-11-14-18-23(2)19-15-12-10-13-16-20-24(26)27-22-17-21-25(3)4/h23H,5-22H2,1-4H3. The van der Waals surface area contributed by atoms with Crippen LogP contribution in [0.2, 0.25) is 0 Å². The van der Waals surface area contributed by atoms with Crippen molar-refractivity contribution >= 4 is 5.97 Å². The van der Waals surface area contributed by atoms with E-state index in [-0.39, 0.29) is 5.97 Å². The molecule has 0 spiro atoms. The van der Waals surface area contributed by atoms with Crippen molar-refractivity contribution in [3.8, 4) is 0 Å². The number of carbonyl (C=O) groups excluding carboxylic acids is 1. The lowest BCUT2D eigenvalue weighted by atomic mass is 9.96. The fourth-order valence-electron chi connectivity index (χ4n) is 3.53. The highest BCUT2D eigenvalue weighted by Gasteiger charge is 2.04. The maximum absolute atomic E-state index is 11.6. The molecule has 0 heterocycles. The number of unbranched alkanes of at least 4 members (excludes halogenated alkanes) is 10. The predicted octanol–water partition coefficient (Wildman–Crippen LogP) is 6.99. The summed E-state index contributed by atoms with van der Waals surface area (Å²) in [5.41, 5.74) is 0. The van der Waals surface area contributed by atoms with E-state index in [0.29, 0.717) is 13.0 Å². The van der Waals surface area contributed by atoms with Crippen LogP contribution in [0.5, 0.6) is 0 Å². The summed E-state index contributed by atoms with van der Waals surface area (Å²) in [6.07, 6.45) is 20.3. The lowest BCUT2D eigenvalue weighted by molar-refractivity contribution is -0.143. The van der Waals surface area contributed by atoms with Gasteiger partial charge in [-0.2, -0.15) is 0 Å². The van der Waals surface area contributed by atoms with Crippen molar-refractivity contribution < 1.29 is 9.53 Å². The van der Waals surface area contributed by atoms with E-state index in [1.54, 1.807) is 0 Å². The smallest absolute Gasteiger partial charge is 0.305 e. The van der Waals surface area contributed by atoms with Gasteiger partial charge >= 0.3 is 5.97 Å². The summed E-state index contributed by atoms with van der Waals surface area (Å²) in [5.74, 6) is 0.870. The molecule has 3 heteroatoms. The van der Waals surface area contributed by atoms with Gasteiger partial charge < -0.3 is 9.64 Å². The summed E-state index contributed by atoms with van der Waals surface area (Å²) in [6.45, 7) is 6.24. The van der Waals surface area contributed by atoms with Crippen molar-refractivity contribution in [1.82, 2.24) is 4.90 Å². The summed E-state index contributed by atoms with van der Waals surface area (Å²) in [5, 5.41) is 0.